The fourth-order valence-electron chi connectivity index (χ4n) is 14.5. The average molecular weight is 2040 g/mol. The molecule has 6 N–H and O–H groups in total. The van der Waals surface area contributed by atoms with Crippen molar-refractivity contribution >= 4 is 0 Å². The molecule has 30 heteroatoms. The molecule has 12 atom stereocenters. The van der Waals surface area contributed by atoms with Crippen molar-refractivity contribution in [3.8, 4) is 103 Å². The summed E-state index contributed by atoms with van der Waals surface area (Å²) in [6.07, 6.45) is -5.89. The van der Waals surface area contributed by atoms with Gasteiger partial charge in [0, 0.05) is 142 Å². The van der Waals surface area contributed by atoms with Crippen LogP contribution in [0.2, 0.25) is 0 Å². The molecule has 0 bridgehead atoms. The maximum Gasteiger partial charge on any atom is 0.231 e. The van der Waals surface area contributed by atoms with Crippen LogP contribution in [0.25, 0.3) is 0 Å². The summed E-state index contributed by atoms with van der Waals surface area (Å²) in [6, 6.07) is 0.687. The highest BCUT2D eigenvalue weighted by atomic mass is 19.1. The van der Waals surface area contributed by atoms with Gasteiger partial charge in [-0.3, -0.25) is 0 Å². The second-order valence-electron chi connectivity index (χ2n) is 30.7. The Morgan fingerprint density at radius 1 is 0.250 bits per heavy atom. The third-order valence-corrected chi connectivity index (χ3v) is 21.5. The van der Waals surface area contributed by atoms with Gasteiger partial charge in [-0.05, 0) is 292 Å². The lowest BCUT2D eigenvalue weighted by molar-refractivity contribution is 0.173. The summed E-state index contributed by atoms with van der Waals surface area (Å²) < 4.78 is 692. The van der Waals surface area contributed by atoms with E-state index in [2.05, 4.69) is 31.9 Å². The smallest absolute Gasteiger partial charge is 0.231 e. The van der Waals surface area contributed by atoms with Gasteiger partial charge in [0.1, 0.15) is 85.8 Å². The number of fused-ring (bicyclic) bond motifs is 6. The first-order chi connectivity index (χ1) is 94.9. The normalized spacial score (nSPS) is 37.4. The predicted octanol–water partition coefficient (Wildman–Crippen LogP) is 20.0. The minimum atomic E-state index is -3.39. The second-order valence-corrected chi connectivity index (χ2v) is 30.7. The summed E-state index contributed by atoms with van der Waals surface area (Å²) >= 11 is 0. The van der Waals surface area contributed by atoms with E-state index >= 15 is 0 Å². The molecule has 12 aromatic carbocycles. The van der Waals surface area contributed by atoms with Gasteiger partial charge < -0.3 is 117 Å². The zero-order chi connectivity index (χ0) is 154. The van der Waals surface area contributed by atoms with E-state index in [0.717, 1.165) is 18.2 Å². The van der Waals surface area contributed by atoms with Crippen LogP contribution in [0, 0.1) is 70.3 Å². The zero-order valence-corrected chi connectivity index (χ0v) is 74.3. The summed E-state index contributed by atoms with van der Waals surface area (Å²) in [5, 5.41) is 14.7. The SMILES string of the molecule is [2H]c1c([2H])c([C@@H]2C([2H])([2H])CNC([2H])([2H])C2([2H])COc2ccc3c(c2)OC([2H])([2H])O3)c([2H])c([2H])c1F.[2H]c1c([2H])c([C@H]2C(COc3ccc4c(c3)OC([2H])([2H])O4)C([2H])([2H])NCC2([2H])[2H])c([2H])c([2H])c1F.[2H]c1c([2H])c([C@]2([2H])CCNC([2H])([2H])C2([2H])C([2H])([2H])Oc2ccc3c(c2)OC([2H])([2H])O3)c([2H])c([2H])c1F.[2H]c1c([2H])c([C@]2([2H])CCNC([2H])([2H])C2([2H])COc2ccc3c(c2)OC([2H])([2H])O3)c([2H])c([2H])c1F.[2H]c1c([2H])c([C@]2([2H])CCNC([2H])([2H])C2C([2H])([2H])Oc2ccc3c(c2)OC([2H])([2H])O3)c([2H])c([2H])c1F.[2H]c1c([2H])c([C@]2([2H])CCNC([2H])([2H])C2COc2ccc3c(c2)OC([2H])([2H])O3)c([2H])c([2H])c1F. The molecule has 12 aromatic rings. The number of halogens is 6. The number of benzene rings is 12. The molecule has 756 valence electrons. The third-order valence-electron chi connectivity index (χ3n) is 21.5. The maximum atomic E-state index is 14.2. The van der Waals surface area contributed by atoms with E-state index in [1.807, 2.05) is 0 Å². The van der Waals surface area contributed by atoms with Crippen molar-refractivity contribution in [1.29, 1.82) is 0 Å². The molecular formula is C114H120F6N6O18. The lowest BCUT2D eigenvalue weighted by Crippen LogP contribution is -2.38. The highest BCUT2D eigenvalue weighted by Gasteiger charge is 2.35. The van der Waals surface area contributed by atoms with Gasteiger partial charge in [-0.2, -0.15) is 0 Å². The molecule has 0 spiro atoms. The predicted molar refractivity (Wildman–Crippen MR) is 529 cm³/mol. The Labute approximate surface area is 922 Å². The molecule has 144 heavy (non-hydrogen) atoms. The Hall–Kier alpha value is -13.6. The highest BCUT2D eigenvalue weighted by Crippen LogP contribution is 2.45. The van der Waals surface area contributed by atoms with Crippen molar-refractivity contribution in [2.24, 2.45) is 35.4 Å². The molecule has 0 radical (unpaired) electrons. The van der Waals surface area contributed by atoms with E-state index in [1.165, 1.54) is 91.0 Å². The van der Waals surface area contributed by atoms with Crippen LogP contribution < -0.4 is 117 Å². The summed E-state index contributed by atoms with van der Waals surface area (Å²) in [5.41, 5.74) is -3.53. The van der Waals surface area contributed by atoms with Gasteiger partial charge in [0.05, 0.1) is 77.9 Å². The molecule has 12 heterocycles. The molecule has 0 aliphatic carbocycles. The number of ether oxygens (including phenoxy) is 18. The van der Waals surface area contributed by atoms with Crippen LogP contribution >= 0.6 is 0 Å². The highest BCUT2D eigenvalue weighted by molar-refractivity contribution is 5.52. The molecule has 24 rings (SSSR count). The van der Waals surface area contributed by atoms with Crippen LogP contribution in [0.5, 0.6) is 103 Å². The van der Waals surface area contributed by atoms with Gasteiger partial charge in [-0.25, -0.2) is 26.3 Å². The van der Waals surface area contributed by atoms with E-state index in [-0.39, 0.29) is 149 Å². The summed E-state index contributed by atoms with van der Waals surface area (Å²) in [7, 11) is 0. The van der Waals surface area contributed by atoms with Gasteiger partial charge in [0.15, 0.2) is 69.0 Å². The summed E-state index contributed by atoms with van der Waals surface area (Å²) in [5.74, 6) is -34.3. The minimum Gasteiger partial charge on any atom is -0.493 e. The first kappa shape index (κ1) is 48.8. The van der Waals surface area contributed by atoms with Crippen LogP contribution in [-0.2, 0) is 0 Å². The van der Waals surface area contributed by atoms with Crippen molar-refractivity contribution in [2.45, 2.75) is 73.8 Å². The molecular weight excluding hydrogens is 1860 g/mol. The number of hydrogen-bond donors (Lipinski definition) is 6. The number of nitrogens with one attached hydrogen (secondary N) is 6. The van der Waals surface area contributed by atoms with E-state index in [1.54, 1.807) is 0 Å². The average Bonchev–Trinajstić information content (AvgIpc) is 1.14. The molecule has 6 unspecified atom stereocenters. The van der Waals surface area contributed by atoms with Crippen LogP contribution in [0.1, 0.15) is 194 Å². The number of rotatable bonds is 24. The van der Waals surface area contributed by atoms with Crippen molar-refractivity contribution < 1.29 is 198 Å². The Balaban J connectivity index is 0.000000147. The summed E-state index contributed by atoms with van der Waals surface area (Å²) in [4.78, 5) is 0. The molecule has 0 saturated carbocycles. The monoisotopic (exact) mass is 2040 g/mol. The molecule has 24 nitrogen and oxygen atoms in total. The second kappa shape index (κ2) is 49.1. The molecule has 0 amide bonds. The van der Waals surface area contributed by atoms with Crippen LogP contribution in [0.4, 0.5) is 26.3 Å². The van der Waals surface area contributed by atoms with E-state index in [4.69, 9.17) is 172 Å². The third kappa shape index (κ3) is 26.5. The van der Waals surface area contributed by atoms with Crippen molar-refractivity contribution in [3.05, 3.63) is 322 Å². The molecule has 0 aromatic heterocycles. The molecule has 12 aliphatic rings. The Bertz CT molecular complexity index is 9690. The topological polar surface area (TPSA) is 238 Å². The van der Waals surface area contributed by atoms with E-state index in [0.29, 0.717) is 0 Å². The lowest BCUT2D eigenvalue weighted by atomic mass is 9.81. The van der Waals surface area contributed by atoms with E-state index < -0.39 is 435 Å². The van der Waals surface area contributed by atoms with Crippen molar-refractivity contribution in [3.63, 3.8) is 0 Å². The van der Waals surface area contributed by atoms with Crippen LogP contribution in [0.15, 0.2) is 254 Å². The Morgan fingerprint density at radius 3 is 0.889 bits per heavy atom. The van der Waals surface area contributed by atoms with E-state index in [9.17, 15) is 26.3 Å². The standard InChI is InChI=1S/6C19H20FNO3/c6*20-15-3-1-13(2-4-15)17-7-8-21-10-14(17)11-22-16-5-6-18-19(9-16)24-12-23-18/h6*1-6,9,14,17,21H,7-8,10-12H2/t6*14?,17-/m000000/s1/i1D,2D,3D,4D,10D2,11D2,12D2,14D,17D;1D,2D,3D,4D,10D2,12D2,14D,17D;1D,2D,3D,4D,10D2,11D2,12D2,17D;1D,2D,3D,4D,7D2,10D2,12D2,14D;1D,2D,3D,4D,10D2,12D2,17D;1D,2D,3D,4D,7D2,10D2,12D2. The van der Waals surface area contributed by atoms with Gasteiger partial charge >= 0.3 is 0 Å². The van der Waals surface area contributed by atoms with Crippen LogP contribution in [0.3, 0.4) is 0 Å². The fraction of sp³-hybridized carbons (Fsp3) is 0.368. The van der Waals surface area contributed by atoms with Gasteiger partial charge in [0.2, 0.25) is 40.5 Å². The molecule has 12 aliphatic heterocycles. The van der Waals surface area contributed by atoms with Gasteiger partial charge in [-0.15, -0.1) is 0 Å². The largest absolute Gasteiger partial charge is 0.493 e. The molecule has 6 saturated heterocycles. The van der Waals surface area contributed by atoms with Gasteiger partial charge in [-0.1, -0.05) is 72.5 Å². The first-order valence-electron chi connectivity index (χ1n) is 75.0. The minimum absolute atomic E-state index is 0.0102. The van der Waals surface area contributed by atoms with Gasteiger partial charge in [0.25, 0.3) is 0 Å². The maximum absolute atomic E-state index is 14.2. The summed E-state index contributed by atoms with van der Waals surface area (Å²) in [6.45, 7) is -40.3. The zero-order valence-electron chi connectivity index (χ0n) is 137. The Morgan fingerprint density at radius 2 is 0.500 bits per heavy atom. The lowest BCUT2D eigenvalue weighted by Gasteiger charge is -2.32. The van der Waals surface area contributed by atoms with Crippen molar-refractivity contribution in [1.82, 2.24) is 31.9 Å². The Kier molecular flexibility index (Phi) is 16.7. The fourth-order valence-corrected chi connectivity index (χ4v) is 14.5. The van der Waals surface area contributed by atoms with Crippen LogP contribution in [-0.4, -0.2) is 158 Å². The first-order valence-corrected chi connectivity index (χ1v) is 43.5. The number of hydrogen-bond acceptors (Lipinski definition) is 24. The van der Waals surface area contributed by atoms with Crippen molar-refractivity contribution in [2.75, 3.05) is 158 Å². The number of piperidine rings is 6. The molecule has 6 fully saturated rings. The quantitative estimate of drug-likeness (QED) is 0.0308.